The molecule has 0 aliphatic rings. The van der Waals surface area contributed by atoms with Crippen LogP contribution in [0, 0.1) is 20.8 Å². The molecule has 0 unspecified atom stereocenters. The highest BCUT2D eigenvalue weighted by Gasteiger charge is 2.05. The summed E-state index contributed by atoms with van der Waals surface area (Å²) < 4.78 is 10.8. The van der Waals surface area contributed by atoms with Crippen LogP contribution in [-0.2, 0) is 11.2 Å². The Bertz CT molecular complexity index is 309. The van der Waals surface area contributed by atoms with E-state index in [4.69, 9.17) is 9.47 Å². The van der Waals surface area contributed by atoms with Crippen molar-refractivity contribution < 1.29 is 9.47 Å². The quantitative estimate of drug-likeness (QED) is 0.687. The monoisotopic (exact) mass is 221 g/mol. The average Bonchev–Trinajstić information content (AvgIpc) is 2.26. The molecule has 16 heavy (non-hydrogen) atoms. The Kier molecular flexibility index (Phi) is 5.33. The molecule has 2 heteroatoms. The van der Waals surface area contributed by atoms with Crippen LogP contribution in [0.5, 0.6) is 5.75 Å². The Morgan fingerprint density at radius 1 is 1.12 bits per heavy atom. The summed E-state index contributed by atoms with van der Waals surface area (Å²) in [4.78, 5) is 0. The summed E-state index contributed by atoms with van der Waals surface area (Å²) in [5.41, 5.74) is 3.64. The highest BCUT2D eigenvalue weighted by atomic mass is 16.5. The van der Waals surface area contributed by atoms with Crippen molar-refractivity contribution in [2.24, 2.45) is 0 Å². The van der Waals surface area contributed by atoms with Gasteiger partial charge in [0.2, 0.25) is 0 Å². The van der Waals surface area contributed by atoms with Gasteiger partial charge in [-0.25, -0.2) is 0 Å². The number of methoxy groups -OCH3 is 1. The maximum Gasteiger partial charge on any atom is 0.125 e. The molecule has 0 amide bonds. The molecule has 1 aromatic carbocycles. The molecule has 0 aromatic heterocycles. The molecule has 0 aliphatic heterocycles. The SMILES string of the molecule is [CH2]Cc1cc(C)c(OCCCOC)c(C)c1. The molecule has 0 N–H and O–H groups in total. The summed E-state index contributed by atoms with van der Waals surface area (Å²) in [6, 6.07) is 4.29. The van der Waals surface area contributed by atoms with E-state index in [9.17, 15) is 0 Å². The molecule has 0 bridgehead atoms. The fourth-order valence-corrected chi connectivity index (χ4v) is 1.79. The highest BCUT2D eigenvalue weighted by molar-refractivity contribution is 5.43. The normalized spacial score (nSPS) is 10.5. The van der Waals surface area contributed by atoms with E-state index in [-0.39, 0.29) is 0 Å². The zero-order valence-corrected chi connectivity index (χ0v) is 10.5. The summed E-state index contributed by atoms with van der Waals surface area (Å²) in [7, 11) is 1.71. The van der Waals surface area contributed by atoms with Crippen molar-refractivity contribution >= 4 is 0 Å². The Hall–Kier alpha value is -1.02. The summed E-state index contributed by atoms with van der Waals surface area (Å²) >= 11 is 0. The summed E-state index contributed by atoms with van der Waals surface area (Å²) in [6.45, 7) is 9.51. The van der Waals surface area contributed by atoms with Gasteiger partial charge in [0.05, 0.1) is 6.61 Å². The molecule has 0 saturated carbocycles. The minimum Gasteiger partial charge on any atom is -0.493 e. The molecular formula is C14H21O2. The summed E-state index contributed by atoms with van der Waals surface area (Å²) in [6.07, 6.45) is 1.75. The van der Waals surface area contributed by atoms with E-state index in [1.807, 2.05) is 0 Å². The van der Waals surface area contributed by atoms with Gasteiger partial charge in [0.1, 0.15) is 5.75 Å². The third-order valence-electron chi connectivity index (χ3n) is 2.55. The maximum absolute atomic E-state index is 5.77. The van der Waals surface area contributed by atoms with Crippen molar-refractivity contribution in [3.63, 3.8) is 0 Å². The predicted octanol–water partition coefficient (Wildman–Crippen LogP) is 3.10. The molecule has 1 aromatic rings. The first-order chi connectivity index (χ1) is 7.69. The van der Waals surface area contributed by atoms with Crippen molar-refractivity contribution in [3.05, 3.63) is 35.7 Å². The van der Waals surface area contributed by atoms with Crippen molar-refractivity contribution in [1.82, 2.24) is 0 Å². The van der Waals surface area contributed by atoms with Crippen LogP contribution in [0.15, 0.2) is 12.1 Å². The van der Waals surface area contributed by atoms with Crippen molar-refractivity contribution in [2.45, 2.75) is 26.7 Å². The van der Waals surface area contributed by atoms with Crippen molar-refractivity contribution in [3.8, 4) is 5.75 Å². The van der Waals surface area contributed by atoms with Gasteiger partial charge in [-0.05, 0) is 43.9 Å². The highest BCUT2D eigenvalue weighted by Crippen LogP contribution is 2.25. The average molecular weight is 221 g/mol. The lowest BCUT2D eigenvalue weighted by Crippen LogP contribution is -2.04. The van der Waals surface area contributed by atoms with Crippen LogP contribution in [0.3, 0.4) is 0 Å². The number of benzene rings is 1. The van der Waals surface area contributed by atoms with E-state index in [2.05, 4.69) is 32.9 Å². The van der Waals surface area contributed by atoms with Crippen LogP contribution in [-0.4, -0.2) is 20.3 Å². The molecule has 89 valence electrons. The lowest BCUT2D eigenvalue weighted by atomic mass is 10.0. The van der Waals surface area contributed by atoms with Gasteiger partial charge in [0.15, 0.2) is 0 Å². The van der Waals surface area contributed by atoms with Crippen molar-refractivity contribution in [2.75, 3.05) is 20.3 Å². The molecule has 0 atom stereocenters. The topological polar surface area (TPSA) is 18.5 Å². The second-order valence-corrected chi connectivity index (χ2v) is 4.00. The van der Waals surface area contributed by atoms with Gasteiger partial charge < -0.3 is 9.47 Å². The number of hydrogen-bond acceptors (Lipinski definition) is 2. The maximum atomic E-state index is 5.77. The van der Waals surface area contributed by atoms with E-state index in [0.29, 0.717) is 6.61 Å². The number of hydrogen-bond donors (Lipinski definition) is 0. The van der Waals surface area contributed by atoms with Crippen LogP contribution in [0.1, 0.15) is 23.1 Å². The fourth-order valence-electron chi connectivity index (χ4n) is 1.79. The van der Waals surface area contributed by atoms with E-state index >= 15 is 0 Å². The van der Waals surface area contributed by atoms with Crippen LogP contribution < -0.4 is 4.74 Å². The number of rotatable bonds is 6. The lowest BCUT2D eigenvalue weighted by molar-refractivity contribution is 0.171. The van der Waals surface area contributed by atoms with Crippen LogP contribution >= 0.6 is 0 Å². The molecule has 2 nitrogen and oxygen atoms in total. The fraction of sp³-hybridized carbons (Fsp3) is 0.500. The molecule has 0 fully saturated rings. The minimum atomic E-state index is 0.708. The first-order valence-electron chi connectivity index (χ1n) is 5.70. The molecule has 0 aliphatic carbocycles. The smallest absolute Gasteiger partial charge is 0.125 e. The second-order valence-electron chi connectivity index (χ2n) is 4.00. The van der Waals surface area contributed by atoms with Gasteiger partial charge in [0.25, 0.3) is 0 Å². The molecular weight excluding hydrogens is 200 g/mol. The number of ether oxygens (including phenoxy) is 2. The van der Waals surface area contributed by atoms with Crippen LogP contribution in [0.2, 0.25) is 0 Å². The first kappa shape index (κ1) is 13.0. The van der Waals surface area contributed by atoms with Gasteiger partial charge in [-0.2, -0.15) is 0 Å². The van der Waals surface area contributed by atoms with E-state index in [1.54, 1.807) is 7.11 Å². The third-order valence-corrected chi connectivity index (χ3v) is 2.55. The van der Waals surface area contributed by atoms with E-state index in [0.717, 1.165) is 25.2 Å². The minimum absolute atomic E-state index is 0.708. The Labute approximate surface area is 98.6 Å². The Morgan fingerprint density at radius 3 is 2.25 bits per heavy atom. The van der Waals surface area contributed by atoms with E-state index < -0.39 is 0 Å². The first-order valence-corrected chi connectivity index (χ1v) is 5.70. The van der Waals surface area contributed by atoms with Gasteiger partial charge in [-0.15, -0.1) is 0 Å². The Morgan fingerprint density at radius 2 is 1.75 bits per heavy atom. The Balaban J connectivity index is 2.65. The lowest BCUT2D eigenvalue weighted by Gasteiger charge is -2.13. The molecule has 0 saturated heterocycles. The van der Waals surface area contributed by atoms with Crippen LogP contribution in [0.25, 0.3) is 0 Å². The van der Waals surface area contributed by atoms with Crippen molar-refractivity contribution in [1.29, 1.82) is 0 Å². The van der Waals surface area contributed by atoms with Gasteiger partial charge in [0, 0.05) is 20.1 Å². The van der Waals surface area contributed by atoms with Gasteiger partial charge >= 0.3 is 0 Å². The van der Waals surface area contributed by atoms with E-state index in [1.165, 1.54) is 16.7 Å². The zero-order chi connectivity index (χ0) is 12.0. The van der Waals surface area contributed by atoms with Gasteiger partial charge in [-0.3, -0.25) is 0 Å². The molecule has 1 radical (unpaired) electrons. The standard InChI is InChI=1S/C14H21O2/c1-5-13-9-11(2)14(12(3)10-13)16-8-6-7-15-4/h9-10H,1,5-8H2,2-4H3. The number of aryl methyl sites for hydroxylation is 2. The second kappa shape index (κ2) is 6.54. The summed E-state index contributed by atoms with van der Waals surface area (Å²) in [5.74, 6) is 1.01. The zero-order valence-electron chi connectivity index (χ0n) is 10.5. The summed E-state index contributed by atoms with van der Waals surface area (Å²) in [5, 5.41) is 0. The largest absolute Gasteiger partial charge is 0.493 e. The third kappa shape index (κ3) is 3.53. The molecule has 1 rings (SSSR count). The van der Waals surface area contributed by atoms with Gasteiger partial charge in [-0.1, -0.05) is 12.1 Å². The van der Waals surface area contributed by atoms with Crippen LogP contribution in [0.4, 0.5) is 0 Å². The molecule has 0 spiro atoms. The molecule has 0 heterocycles. The predicted molar refractivity (Wildman–Crippen MR) is 67.0 cm³/mol.